The van der Waals surface area contributed by atoms with Gasteiger partial charge < -0.3 is 22.5 Å². The van der Waals surface area contributed by atoms with Crippen LogP contribution in [0.2, 0.25) is 0 Å². The Balaban J connectivity index is 0.00000144. The van der Waals surface area contributed by atoms with Gasteiger partial charge in [-0.15, -0.1) is 0 Å². The van der Waals surface area contributed by atoms with Crippen molar-refractivity contribution in [2.45, 2.75) is 12.8 Å². The molecule has 1 N–H and O–H groups in total. The zero-order valence-corrected chi connectivity index (χ0v) is 10.1. The standard InChI is InChI=1S/C12H15F2NO.ClH/c13-11-2-1-10(7-12(11)14)16-8-9-3-5-15-6-4-9;/h1-2,7,9,15H,3-6,8H2;1H/p-1. The fourth-order valence-corrected chi connectivity index (χ4v) is 1.83. The highest BCUT2D eigenvalue weighted by Crippen LogP contribution is 2.18. The molecule has 2 nitrogen and oxygen atoms in total. The maximum absolute atomic E-state index is 12.9. The number of halogens is 3. The Morgan fingerprint density at radius 2 is 1.88 bits per heavy atom. The van der Waals surface area contributed by atoms with Crippen molar-refractivity contribution >= 4 is 0 Å². The first-order valence-corrected chi connectivity index (χ1v) is 5.54. The lowest BCUT2D eigenvalue weighted by molar-refractivity contribution is -0.00000482. The zero-order chi connectivity index (χ0) is 11.4. The van der Waals surface area contributed by atoms with Gasteiger partial charge in [0.05, 0.1) is 6.61 Å². The lowest BCUT2D eigenvalue weighted by Crippen LogP contribution is -3.00. The Labute approximate surface area is 106 Å². The molecule has 1 fully saturated rings. The minimum Gasteiger partial charge on any atom is -1.00 e. The van der Waals surface area contributed by atoms with Gasteiger partial charge in [-0.2, -0.15) is 0 Å². The van der Waals surface area contributed by atoms with E-state index < -0.39 is 11.6 Å². The summed E-state index contributed by atoms with van der Waals surface area (Å²) in [7, 11) is 0. The summed E-state index contributed by atoms with van der Waals surface area (Å²) in [5.74, 6) is -0.788. The van der Waals surface area contributed by atoms with Crippen molar-refractivity contribution in [3.05, 3.63) is 29.8 Å². The van der Waals surface area contributed by atoms with Gasteiger partial charge in [-0.1, -0.05) is 0 Å². The van der Waals surface area contributed by atoms with Crippen molar-refractivity contribution in [3.63, 3.8) is 0 Å². The van der Waals surface area contributed by atoms with Crippen molar-refractivity contribution < 1.29 is 25.9 Å². The Morgan fingerprint density at radius 3 is 2.53 bits per heavy atom. The Hall–Kier alpha value is -0.870. The number of ether oxygens (including phenoxy) is 1. The van der Waals surface area contributed by atoms with Gasteiger partial charge in [0.1, 0.15) is 5.75 Å². The predicted octanol–water partition coefficient (Wildman–Crippen LogP) is -0.653. The molecule has 0 radical (unpaired) electrons. The van der Waals surface area contributed by atoms with Crippen LogP contribution in [-0.4, -0.2) is 19.7 Å². The second kappa shape index (κ2) is 6.77. The Morgan fingerprint density at radius 1 is 1.18 bits per heavy atom. The van der Waals surface area contributed by atoms with E-state index in [0.717, 1.165) is 38.1 Å². The lowest BCUT2D eigenvalue weighted by atomic mass is 9.99. The number of nitrogens with one attached hydrogen (secondary N) is 1. The third kappa shape index (κ3) is 4.13. The van der Waals surface area contributed by atoms with E-state index in [1.165, 1.54) is 6.07 Å². The van der Waals surface area contributed by atoms with E-state index in [1.807, 2.05) is 0 Å². The van der Waals surface area contributed by atoms with Gasteiger partial charge in [-0.3, -0.25) is 0 Å². The van der Waals surface area contributed by atoms with Crippen molar-refractivity contribution in [1.29, 1.82) is 0 Å². The smallest absolute Gasteiger partial charge is 0.162 e. The quantitative estimate of drug-likeness (QED) is 0.782. The predicted molar refractivity (Wildman–Crippen MR) is 57.4 cm³/mol. The zero-order valence-electron chi connectivity index (χ0n) is 9.39. The molecule has 96 valence electrons. The highest BCUT2D eigenvalue weighted by atomic mass is 35.5. The van der Waals surface area contributed by atoms with Crippen LogP contribution >= 0.6 is 0 Å². The van der Waals surface area contributed by atoms with Crippen LogP contribution in [0.4, 0.5) is 8.78 Å². The molecule has 0 aliphatic carbocycles. The minimum absolute atomic E-state index is 0. The average Bonchev–Trinajstić information content (AvgIpc) is 2.32. The minimum atomic E-state index is -0.859. The van der Waals surface area contributed by atoms with Crippen LogP contribution in [0.3, 0.4) is 0 Å². The molecule has 0 amide bonds. The molecule has 17 heavy (non-hydrogen) atoms. The van der Waals surface area contributed by atoms with Gasteiger partial charge >= 0.3 is 0 Å². The van der Waals surface area contributed by atoms with E-state index >= 15 is 0 Å². The van der Waals surface area contributed by atoms with E-state index in [0.29, 0.717) is 18.3 Å². The maximum Gasteiger partial charge on any atom is 0.162 e. The Kier molecular flexibility index (Phi) is 5.65. The maximum atomic E-state index is 12.9. The second-order valence-corrected chi connectivity index (χ2v) is 4.08. The summed E-state index contributed by atoms with van der Waals surface area (Å²) < 4.78 is 31.0. The van der Waals surface area contributed by atoms with Crippen LogP contribution in [0.15, 0.2) is 18.2 Å². The van der Waals surface area contributed by atoms with Crippen LogP contribution in [0.1, 0.15) is 12.8 Å². The summed E-state index contributed by atoms with van der Waals surface area (Å²) >= 11 is 0. The van der Waals surface area contributed by atoms with Crippen molar-refractivity contribution in [2.24, 2.45) is 5.92 Å². The molecular formula is C12H15ClF2NO-. The summed E-state index contributed by atoms with van der Waals surface area (Å²) in [5.41, 5.74) is 0. The first kappa shape index (κ1) is 14.2. The van der Waals surface area contributed by atoms with E-state index in [2.05, 4.69) is 5.32 Å². The fourth-order valence-electron chi connectivity index (χ4n) is 1.83. The molecule has 0 unspecified atom stereocenters. The van der Waals surface area contributed by atoms with E-state index in [9.17, 15) is 8.78 Å². The van der Waals surface area contributed by atoms with Crippen LogP contribution in [0.25, 0.3) is 0 Å². The van der Waals surface area contributed by atoms with Crippen LogP contribution < -0.4 is 22.5 Å². The number of benzene rings is 1. The first-order chi connectivity index (χ1) is 7.75. The summed E-state index contributed by atoms with van der Waals surface area (Å²) in [4.78, 5) is 0. The lowest BCUT2D eigenvalue weighted by Gasteiger charge is -2.22. The third-order valence-corrected chi connectivity index (χ3v) is 2.84. The van der Waals surface area contributed by atoms with E-state index in [4.69, 9.17) is 4.74 Å². The molecule has 1 saturated heterocycles. The van der Waals surface area contributed by atoms with Crippen molar-refractivity contribution in [2.75, 3.05) is 19.7 Å². The monoisotopic (exact) mass is 262 g/mol. The molecule has 0 aromatic heterocycles. The molecular weight excluding hydrogens is 248 g/mol. The topological polar surface area (TPSA) is 21.3 Å². The summed E-state index contributed by atoms with van der Waals surface area (Å²) in [6, 6.07) is 3.64. The molecule has 2 rings (SSSR count). The fraction of sp³-hybridized carbons (Fsp3) is 0.500. The average molecular weight is 263 g/mol. The Bertz CT molecular complexity index is 356. The molecule has 1 heterocycles. The van der Waals surface area contributed by atoms with E-state index in [1.54, 1.807) is 0 Å². The van der Waals surface area contributed by atoms with Crippen LogP contribution in [0, 0.1) is 17.6 Å². The molecule has 1 aliphatic heterocycles. The molecule has 1 aromatic rings. The number of hydrogen-bond donors (Lipinski definition) is 1. The first-order valence-electron chi connectivity index (χ1n) is 5.54. The van der Waals surface area contributed by atoms with Gasteiger partial charge in [-0.25, -0.2) is 8.78 Å². The molecule has 5 heteroatoms. The molecule has 0 bridgehead atoms. The molecule has 0 spiro atoms. The van der Waals surface area contributed by atoms with Gasteiger partial charge in [-0.05, 0) is 44.0 Å². The highest BCUT2D eigenvalue weighted by molar-refractivity contribution is 5.23. The van der Waals surface area contributed by atoms with Crippen molar-refractivity contribution in [1.82, 2.24) is 5.32 Å². The third-order valence-electron chi connectivity index (χ3n) is 2.84. The molecule has 0 saturated carbocycles. The van der Waals surface area contributed by atoms with E-state index in [-0.39, 0.29) is 12.4 Å². The summed E-state index contributed by atoms with van der Waals surface area (Å²) in [6.07, 6.45) is 2.15. The van der Waals surface area contributed by atoms with Crippen LogP contribution in [0.5, 0.6) is 5.75 Å². The van der Waals surface area contributed by atoms with Gasteiger partial charge in [0.15, 0.2) is 11.6 Å². The van der Waals surface area contributed by atoms with Crippen molar-refractivity contribution in [3.8, 4) is 5.75 Å². The number of hydrogen-bond acceptors (Lipinski definition) is 2. The van der Waals surface area contributed by atoms with Gasteiger partial charge in [0, 0.05) is 6.07 Å². The van der Waals surface area contributed by atoms with Gasteiger partial charge in [0.2, 0.25) is 0 Å². The number of rotatable bonds is 3. The SMILES string of the molecule is Fc1ccc(OCC2CCNCC2)cc1F.[Cl-]. The largest absolute Gasteiger partial charge is 1.00 e. The summed E-state index contributed by atoms with van der Waals surface area (Å²) in [5, 5.41) is 3.26. The molecule has 1 aliphatic rings. The molecule has 0 atom stereocenters. The van der Waals surface area contributed by atoms with Crippen LogP contribution in [-0.2, 0) is 0 Å². The highest BCUT2D eigenvalue weighted by Gasteiger charge is 2.13. The second-order valence-electron chi connectivity index (χ2n) is 4.08. The normalized spacial score (nSPS) is 16.4. The van der Waals surface area contributed by atoms with Gasteiger partial charge in [0.25, 0.3) is 0 Å². The summed E-state index contributed by atoms with van der Waals surface area (Å²) in [6.45, 7) is 2.59. The number of piperidine rings is 1. The molecule has 1 aromatic carbocycles.